The highest BCUT2D eigenvalue weighted by Crippen LogP contribution is 2.43. The molecule has 1 N–H and O–H groups in total. The molecule has 2 fully saturated rings. The van der Waals surface area contributed by atoms with Gasteiger partial charge >= 0.3 is 6.18 Å². The van der Waals surface area contributed by atoms with Crippen molar-refractivity contribution < 1.29 is 22.7 Å². The zero-order chi connectivity index (χ0) is 28.5. The number of carbonyl (C=O) groups excluding carboxylic acids is 1. The van der Waals surface area contributed by atoms with E-state index in [-0.39, 0.29) is 24.0 Å². The summed E-state index contributed by atoms with van der Waals surface area (Å²) in [5.74, 6) is 1.13. The summed E-state index contributed by atoms with van der Waals surface area (Å²) in [7, 11) is 0. The molecule has 1 atom stereocenters. The van der Waals surface area contributed by atoms with Gasteiger partial charge in [0.25, 0.3) is 5.91 Å². The number of amides is 1. The van der Waals surface area contributed by atoms with Gasteiger partial charge in [0.05, 0.1) is 24.1 Å². The number of aromatic nitrogens is 1. The van der Waals surface area contributed by atoms with E-state index in [9.17, 15) is 18.0 Å². The van der Waals surface area contributed by atoms with E-state index in [1.54, 1.807) is 18.7 Å². The standard InChI is InChI=1S/C28H34F3N5O2S.ClH/c1-17(2)21-13-19(5-6-24(21)38-12-9-18-7-10-33-11-8-18)36-26(39)35(25(37)27(36,3)4)20-14-22(28(29,30)31)23(15-32)34-16-20;/h5-6,13-14,16-18,26,33,39H,7-12H2,1-4H3;1H. The lowest BCUT2D eigenvalue weighted by Crippen LogP contribution is -2.45. The Balaban J connectivity index is 0.00000441. The van der Waals surface area contributed by atoms with Gasteiger partial charge in [0.2, 0.25) is 0 Å². The zero-order valence-corrected chi connectivity index (χ0v) is 24.7. The Hall–Kier alpha value is -2.68. The molecule has 4 rings (SSSR count). The minimum atomic E-state index is -4.80. The summed E-state index contributed by atoms with van der Waals surface area (Å²) in [6.07, 6.45) is -0.408. The van der Waals surface area contributed by atoms with Crippen molar-refractivity contribution in [3.63, 3.8) is 0 Å². The van der Waals surface area contributed by atoms with Crippen LogP contribution in [0.5, 0.6) is 5.75 Å². The van der Waals surface area contributed by atoms with Crippen LogP contribution in [-0.4, -0.2) is 41.6 Å². The van der Waals surface area contributed by atoms with Crippen LogP contribution >= 0.6 is 25.0 Å². The lowest BCUT2D eigenvalue weighted by atomic mass is 9.95. The number of pyridine rings is 1. The summed E-state index contributed by atoms with van der Waals surface area (Å²) in [4.78, 5) is 20.2. The van der Waals surface area contributed by atoms with E-state index in [1.165, 1.54) is 11.0 Å². The Kier molecular flexibility index (Phi) is 9.91. The fourth-order valence-corrected chi connectivity index (χ4v) is 5.94. The molecule has 2 aromatic rings. The minimum absolute atomic E-state index is 0. The molecule has 1 amide bonds. The predicted octanol–water partition coefficient (Wildman–Crippen LogP) is 6.13. The van der Waals surface area contributed by atoms with E-state index in [4.69, 9.17) is 10.00 Å². The number of nitrogens with zero attached hydrogens (tertiary/aromatic N) is 4. The maximum absolute atomic E-state index is 13.6. The summed E-state index contributed by atoms with van der Waals surface area (Å²) in [5, 5.41) is 12.5. The first-order valence-corrected chi connectivity index (χ1v) is 13.6. The number of hydrogen-bond acceptors (Lipinski definition) is 7. The molecule has 7 nitrogen and oxygen atoms in total. The second-order valence-corrected chi connectivity index (χ2v) is 11.3. The highest BCUT2D eigenvalue weighted by Gasteiger charge is 2.52. The molecule has 2 aliphatic rings. The number of anilines is 2. The van der Waals surface area contributed by atoms with Crippen LogP contribution < -0.4 is 19.9 Å². The Labute approximate surface area is 244 Å². The SMILES string of the molecule is CC(C)c1cc(N2C(S)N(c3cnc(C#N)c(C(F)(F)F)c3)C(=O)C2(C)C)ccc1OCCC1CCNCC1.Cl. The van der Waals surface area contributed by atoms with Crippen molar-refractivity contribution in [2.45, 2.75) is 70.1 Å². The molecule has 2 saturated heterocycles. The largest absolute Gasteiger partial charge is 0.493 e. The number of carbonyl (C=O) groups is 1. The van der Waals surface area contributed by atoms with Crippen molar-refractivity contribution in [3.05, 3.63) is 47.3 Å². The second-order valence-electron chi connectivity index (χ2n) is 10.9. The summed E-state index contributed by atoms with van der Waals surface area (Å²) in [6.45, 7) is 10.2. The van der Waals surface area contributed by atoms with Crippen LogP contribution in [0.4, 0.5) is 24.5 Å². The van der Waals surface area contributed by atoms with Crippen LogP contribution in [0.1, 0.15) is 69.7 Å². The van der Waals surface area contributed by atoms with Gasteiger partial charge < -0.3 is 15.0 Å². The molecule has 40 heavy (non-hydrogen) atoms. The fraction of sp³-hybridized carbons (Fsp3) is 0.536. The normalized spacial score (nSPS) is 19.5. The molecule has 0 bridgehead atoms. The topological polar surface area (TPSA) is 81.5 Å². The minimum Gasteiger partial charge on any atom is -0.493 e. The smallest absolute Gasteiger partial charge is 0.419 e. The Morgan fingerprint density at radius 1 is 1.23 bits per heavy atom. The van der Waals surface area contributed by atoms with Crippen molar-refractivity contribution in [1.82, 2.24) is 10.3 Å². The van der Waals surface area contributed by atoms with Gasteiger partial charge in [-0.05, 0) is 87.9 Å². The number of nitrogens with one attached hydrogen (secondary N) is 1. The Morgan fingerprint density at radius 2 is 1.90 bits per heavy atom. The number of piperidine rings is 1. The molecular formula is C28H35ClF3N5O2S. The third-order valence-electron chi connectivity index (χ3n) is 7.50. The maximum Gasteiger partial charge on any atom is 0.419 e. The van der Waals surface area contributed by atoms with Gasteiger partial charge in [-0.3, -0.25) is 9.69 Å². The monoisotopic (exact) mass is 597 g/mol. The van der Waals surface area contributed by atoms with E-state index >= 15 is 0 Å². The number of hydrogen-bond donors (Lipinski definition) is 2. The Bertz CT molecular complexity index is 1260. The number of nitriles is 1. The first kappa shape index (κ1) is 31.8. The second kappa shape index (κ2) is 12.5. The molecule has 12 heteroatoms. The van der Waals surface area contributed by atoms with Gasteiger partial charge in [-0.15, -0.1) is 25.0 Å². The number of rotatable bonds is 7. The first-order chi connectivity index (χ1) is 18.4. The van der Waals surface area contributed by atoms with Crippen LogP contribution in [-0.2, 0) is 11.0 Å². The molecular weight excluding hydrogens is 563 g/mol. The average molecular weight is 598 g/mol. The molecule has 1 aromatic carbocycles. The molecule has 1 unspecified atom stereocenters. The molecule has 0 saturated carbocycles. The highest BCUT2D eigenvalue weighted by atomic mass is 35.5. The highest BCUT2D eigenvalue weighted by molar-refractivity contribution is 7.81. The summed E-state index contributed by atoms with van der Waals surface area (Å²) in [5.41, 5.74) is -2.38. The number of thiol groups is 1. The van der Waals surface area contributed by atoms with Gasteiger partial charge in [0.1, 0.15) is 17.4 Å². The van der Waals surface area contributed by atoms with Crippen LogP contribution in [0.25, 0.3) is 0 Å². The lowest BCUT2D eigenvalue weighted by Gasteiger charge is -2.34. The predicted molar refractivity (Wildman–Crippen MR) is 154 cm³/mol. The quantitative estimate of drug-likeness (QED) is 0.374. The van der Waals surface area contributed by atoms with Crippen LogP contribution in [0.2, 0.25) is 0 Å². The third-order valence-corrected chi connectivity index (χ3v) is 7.97. The number of alkyl halides is 3. The number of benzene rings is 1. The fourth-order valence-electron chi connectivity index (χ4n) is 5.28. The molecule has 3 heterocycles. The van der Waals surface area contributed by atoms with Gasteiger partial charge in [0.15, 0.2) is 11.2 Å². The van der Waals surface area contributed by atoms with Gasteiger partial charge in [-0.25, -0.2) is 4.98 Å². The Morgan fingerprint density at radius 3 is 2.50 bits per heavy atom. The zero-order valence-electron chi connectivity index (χ0n) is 23.0. The van der Waals surface area contributed by atoms with Crippen molar-refractivity contribution >= 4 is 42.3 Å². The molecule has 2 aliphatic heterocycles. The van der Waals surface area contributed by atoms with Crippen molar-refractivity contribution in [3.8, 4) is 11.8 Å². The van der Waals surface area contributed by atoms with Crippen LogP contribution in [0.3, 0.4) is 0 Å². The number of halogens is 4. The average Bonchev–Trinajstić information content (AvgIpc) is 3.07. The molecule has 0 radical (unpaired) electrons. The van der Waals surface area contributed by atoms with Crippen molar-refractivity contribution in [2.24, 2.45) is 5.92 Å². The van der Waals surface area contributed by atoms with E-state index in [1.807, 2.05) is 18.2 Å². The first-order valence-electron chi connectivity index (χ1n) is 13.1. The van der Waals surface area contributed by atoms with E-state index in [2.05, 4.69) is 36.8 Å². The van der Waals surface area contributed by atoms with Crippen LogP contribution in [0, 0.1) is 17.2 Å². The molecule has 218 valence electrons. The number of ether oxygens (including phenoxy) is 1. The van der Waals surface area contributed by atoms with Gasteiger partial charge in [0, 0.05) is 5.69 Å². The van der Waals surface area contributed by atoms with Crippen LogP contribution in [0.15, 0.2) is 30.5 Å². The summed E-state index contributed by atoms with van der Waals surface area (Å²) in [6, 6.07) is 7.96. The van der Waals surface area contributed by atoms with Gasteiger partial charge in [-0.2, -0.15) is 18.4 Å². The lowest BCUT2D eigenvalue weighted by molar-refractivity contribution is -0.138. The molecule has 0 spiro atoms. The van der Waals surface area contributed by atoms with E-state index < -0.39 is 34.4 Å². The van der Waals surface area contributed by atoms with E-state index in [0.29, 0.717) is 18.2 Å². The molecule has 1 aromatic heterocycles. The van der Waals surface area contributed by atoms with Crippen molar-refractivity contribution in [1.29, 1.82) is 5.26 Å². The third kappa shape index (κ3) is 6.29. The summed E-state index contributed by atoms with van der Waals surface area (Å²) >= 11 is 4.68. The maximum atomic E-state index is 13.6. The van der Waals surface area contributed by atoms with Gasteiger partial charge in [-0.1, -0.05) is 13.8 Å². The summed E-state index contributed by atoms with van der Waals surface area (Å²) < 4.78 is 47.0. The molecule has 0 aliphatic carbocycles. The van der Waals surface area contributed by atoms with Crippen molar-refractivity contribution in [2.75, 3.05) is 29.5 Å². The van der Waals surface area contributed by atoms with E-state index in [0.717, 1.165) is 55.9 Å².